The van der Waals surface area contributed by atoms with Crippen LogP contribution in [0.5, 0.6) is 0 Å². The van der Waals surface area contributed by atoms with Crippen molar-refractivity contribution in [2.45, 2.75) is 46.4 Å². The van der Waals surface area contributed by atoms with E-state index < -0.39 is 29.0 Å². The van der Waals surface area contributed by atoms with Gasteiger partial charge in [-0.05, 0) is 31.5 Å². The molecule has 1 fully saturated rings. The molecule has 4 atom stereocenters. The van der Waals surface area contributed by atoms with E-state index in [0.29, 0.717) is 21.7 Å². The number of aromatic nitrogens is 2. The highest BCUT2D eigenvalue weighted by Gasteiger charge is 2.60. The molecule has 5 rings (SSSR count). The Hall–Kier alpha value is -3.90. The van der Waals surface area contributed by atoms with E-state index in [1.165, 1.54) is 47.4 Å². The van der Waals surface area contributed by atoms with Gasteiger partial charge in [0, 0.05) is 36.2 Å². The van der Waals surface area contributed by atoms with Crippen molar-refractivity contribution in [2.75, 3.05) is 0 Å². The number of aryl methyl sites for hydroxylation is 1. The number of β-lactam (4-membered cyclic amide) rings is 1. The Balaban J connectivity index is 1.55. The lowest BCUT2D eigenvalue weighted by Gasteiger charge is -2.46. The number of hydrogen-bond donors (Lipinski definition) is 1. The number of rotatable bonds is 7. The van der Waals surface area contributed by atoms with Gasteiger partial charge in [-0.25, -0.2) is 9.78 Å². The molecule has 4 heterocycles. The third-order valence-corrected chi connectivity index (χ3v) is 8.38. The second-order valence-electron chi connectivity index (χ2n) is 9.36. The molecular formula is C25H24N4O7S. The zero-order valence-electron chi connectivity index (χ0n) is 20.5. The predicted molar refractivity (Wildman–Crippen MR) is 133 cm³/mol. The molecule has 0 radical (unpaired) electrons. The van der Waals surface area contributed by atoms with Crippen molar-refractivity contribution in [1.29, 1.82) is 0 Å². The maximum Gasteiger partial charge on any atom is 0.355 e. The fourth-order valence-electron chi connectivity index (χ4n) is 5.23. The molecule has 192 valence electrons. The van der Waals surface area contributed by atoms with Gasteiger partial charge in [0.2, 0.25) is 5.91 Å². The summed E-state index contributed by atoms with van der Waals surface area (Å²) in [6.45, 7) is 6.62. The zero-order chi connectivity index (χ0) is 26.8. The van der Waals surface area contributed by atoms with Crippen LogP contribution >= 0.6 is 11.3 Å². The number of esters is 1. The highest BCUT2D eigenvalue weighted by Crippen LogP contribution is 2.52. The van der Waals surface area contributed by atoms with Crippen molar-refractivity contribution < 1.29 is 29.2 Å². The number of nitro groups is 1. The first-order valence-electron chi connectivity index (χ1n) is 11.7. The molecule has 1 saturated heterocycles. The molecule has 0 bridgehead atoms. The first-order chi connectivity index (χ1) is 17.5. The number of amides is 1. The summed E-state index contributed by atoms with van der Waals surface area (Å²) in [6.07, 6.45) is 0.675. The van der Waals surface area contributed by atoms with Gasteiger partial charge in [-0.2, -0.15) is 0 Å². The Kier molecular flexibility index (Phi) is 5.95. The number of nitrogens with zero attached hydrogens (tertiary/aromatic N) is 4. The quantitative estimate of drug-likeness (QED) is 0.163. The monoisotopic (exact) mass is 524 g/mol. The topological polar surface area (TPSA) is 144 Å². The van der Waals surface area contributed by atoms with Crippen LogP contribution in [0, 0.1) is 28.9 Å². The number of benzene rings is 1. The number of Topliss-reactive ketones (excluding diaryl/α,β-unsaturated/α-hetero) is 1. The Morgan fingerprint density at radius 1 is 1.30 bits per heavy atom. The fourth-order valence-corrected chi connectivity index (χ4v) is 6.64. The van der Waals surface area contributed by atoms with Gasteiger partial charge >= 0.3 is 5.97 Å². The first-order valence-corrected chi connectivity index (χ1v) is 12.5. The molecule has 2 aliphatic heterocycles. The van der Waals surface area contributed by atoms with Crippen molar-refractivity contribution in [3.05, 3.63) is 68.2 Å². The summed E-state index contributed by atoms with van der Waals surface area (Å²) in [5.41, 5.74) is 2.31. The minimum atomic E-state index is -0.887. The molecule has 2 aliphatic rings. The van der Waals surface area contributed by atoms with Crippen molar-refractivity contribution in [3.63, 3.8) is 0 Å². The minimum absolute atomic E-state index is 0.0770. The number of aliphatic hydroxyl groups excluding tert-OH is 1. The molecule has 37 heavy (non-hydrogen) atoms. The molecule has 12 heteroatoms. The van der Waals surface area contributed by atoms with Gasteiger partial charge in [-0.3, -0.25) is 24.1 Å². The van der Waals surface area contributed by atoms with E-state index in [2.05, 4.69) is 4.98 Å². The zero-order valence-corrected chi connectivity index (χ0v) is 21.3. The van der Waals surface area contributed by atoms with Gasteiger partial charge in [0.15, 0.2) is 5.78 Å². The van der Waals surface area contributed by atoms with Gasteiger partial charge in [0.05, 0.1) is 27.9 Å². The molecule has 0 unspecified atom stereocenters. The number of ketones is 1. The van der Waals surface area contributed by atoms with Crippen molar-refractivity contribution in [2.24, 2.45) is 11.8 Å². The molecule has 1 aromatic carbocycles. The summed E-state index contributed by atoms with van der Waals surface area (Å²) in [7, 11) is 0. The highest BCUT2D eigenvalue weighted by molar-refractivity contribution is 7.19. The van der Waals surface area contributed by atoms with Crippen LogP contribution in [0.2, 0.25) is 0 Å². The van der Waals surface area contributed by atoms with Crippen LogP contribution in [-0.2, 0) is 20.9 Å². The average Bonchev–Trinajstić information content (AvgIpc) is 3.47. The van der Waals surface area contributed by atoms with Crippen molar-refractivity contribution in [1.82, 2.24) is 14.3 Å². The van der Waals surface area contributed by atoms with E-state index in [9.17, 15) is 29.6 Å². The van der Waals surface area contributed by atoms with Gasteiger partial charge in [0.25, 0.3) is 5.69 Å². The van der Waals surface area contributed by atoms with E-state index in [-0.39, 0.29) is 35.6 Å². The Morgan fingerprint density at radius 2 is 1.97 bits per heavy atom. The number of carbonyl (C=O) groups excluding carboxylic acids is 3. The number of nitro benzene ring substituents is 1. The fraction of sp³-hybridized carbons (Fsp3) is 0.360. The Bertz CT molecular complexity index is 1500. The number of carbonyl (C=O) groups is 3. The summed E-state index contributed by atoms with van der Waals surface area (Å²) >= 11 is 1.32. The standard InChI is InChI=1S/C25H24N4O7S/c1-11-17(22-12(2)27-10-26-19(14(4)31)24(27)37-22)21(28-20(11)18(13(3)30)23(28)32)25(33)36-9-15-5-7-16(8-6-15)29(34)35/h5-8,10-11,13,18,20,30H,9H2,1-4H3/t11-,13+,18+,20+/m0/s1. The molecule has 1 N–H and O–H groups in total. The van der Waals surface area contributed by atoms with Crippen LogP contribution < -0.4 is 0 Å². The second-order valence-corrected chi connectivity index (χ2v) is 10.4. The minimum Gasteiger partial charge on any atom is -0.456 e. The summed E-state index contributed by atoms with van der Waals surface area (Å²) in [4.78, 5) is 56.0. The number of imidazole rings is 1. The number of thiazole rings is 1. The number of ether oxygens (including phenoxy) is 1. The molecular weight excluding hydrogens is 500 g/mol. The lowest BCUT2D eigenvalue weighted by molar-refractivity contribution is -0.384. The van der Waals surface area contributed by atoms with E-state index in [1.54, 1.807) is 17.7 Å². The van der Waals surface area contributed by atoms with Crippen LogP contribution in [0.1, 0.15) is 47.4 Å². The highest BCUT2D eigenvalue weighted by atomic mass is 32.1. The molecule has 0 aliphatic carbocycles. The third kappa shape index (κ3) is 3.75. The van der Waals surface area contributed by atoms with E-state index >= 15 is 0 Å². The maximum atomic E-state index is 13.5. The summed E-state index contributed by atoms with van der Waals surface area (Å²) < 4.78 is 7.37. The third-order valence-electron chi connectivity index (χ3n) is 7.07. The predicted octanol–water partition coefficient (Wildman–Crippen LogP) is 3.13. The van der Waals surface area contributed by atoms with Gasteiger partial charge in [0.1, 0.15) is 29.2 Å². The molecule has 0 saturated carbocycles. The smallest absolute Gasteiger partial charge is 0.355 e. The summed E-state index contributed by atoms with van der Waals surface area (Å²) in [5.74, 6) is -2.17. The SMILES string of the molecule is CC(=O)c1ncn2c(C)c(C3=C(C(=O)OCc4ccc([N+](=O)[O-])cc4)N4C(=O)[C@H]([C@@H](C)O)[C@H]4[C@H]3C)sc12. The molecule has 1 amide bonds. The lowest BCUT2D eigenvalue weighted by atomic mass is 9.77. The second kappa shape index (κ2) is 8.89. The van der Waals surface area contributed by atoms with Crippen LogP contribution in [0.3, 0.4) is 0 Å². The molecule has 2 aromatic heterocycles. The van der Waals surface area contributed by atoms with Gasteiger partial charge < -0.3 is 14.7 Å². The van der Waals surface area contributed by atoms with Gasteiger partial charge in [-0.15, -0.1) is 11.3 Å². The summed E-state index contributed by atoms with van der Waals surface area (Å²) in [6, 6.07) is 5.25. The molecule has 3 aromatic rings. The summed E-state index contributed by atoms with van der Waals surface area (Å²) in [5, 5.41) is 21.2. The largest absolute Gasteiger partial charge is 0.456 e. The Morgan fingerprint density at radius 3 is 2.57 bits per heavy atom. The van der Waals surface area contributed by atoms with Crippen molar-refractivity contribution >= 4 is 45.1 Å². The molecule has 11 nitrogen and oxygen atoms in total. The van der Waals surface area contributed by atoms with E-state index in [0.717, 1.165) is 10.6 Å². The van der Waals surface area contributed by atoms with Crippen LogP contribution in [0.4, 0.5) is 5.69 Å². The van der Waals surface area contributed by atoms with Crippen LogP contribution in [-0.4, -0.2) is 54.1 Å². The maximum absolute atomic E-state index is 13.5. The average molecular weight is 525 g/mol. The number of non-ortho nitro benzene ring substituents is 1. The van der Waals surface area contributed by atoms with E-state index in [4.69, 9.17) is 4.74 Å². The van der Waals surface area contributed by atoms with Crippen LogP contribution in [0.25, 0.3) is 10.4 Å². The number of aliphatic hydroxyl groups is 1. The Labute approximate surface area is 215 Å². The van der Waals surface area contributed by atoms with Gasteiger partial charge in [-0.1, -0.05) is 6.92 Å². The molecule has 0 spiro atoms. The normalized spacial score (nSPS) is 21.7. The van der Waals surface area contributed by atoms with Crippen LogP contribution in [0.15, 0.2) is 36.3 Å². The van der Waals surface area contributed by atoms with Crippen molar-refractivity contribution in [3.8, 4) is 0 Å². The van der Waals surface area contributed by atoms with E-state index in [1.807, 2.05) is 13.8 Å². The number of hydrogen-bond acceptors (Lipinski definition) is 9. The number of fused-ring (bicyclic) bond motifs is 2. The first kappa shape index (κ1) is 24.8. The lowest BCUT2D eigenvalue weighted by Crippen LogP contribution is -2.63.